The predicted molar refractivity (Wildman–Crippen MR) is 89.2 cm³/mol. The van der Waals surface area contributed by atoms with E-state index in [2.05, 4.69) is 18.7 Å². The fourth-order valence-electron chi connectivity index (χ4n) is 4.03. The Hall–Kier alpha value is -0.650. The molecule has 23 heavy (non-hydrogen) atoms. The van der Waals surface area contributed by atoms with Gasteiger partial charge < -0.3 is 14.7 Å². The van der Waals surface area contributed by atoms with Crippen LogP contribution in [0, 0.1) is 5.92 Å². The van der Waals surface area contributed by atoms with E-state index < -0.39 is 5.60 Å². The van der Waals surface area contributed by atoms with Crippen molar-refractivity contribution in [3.8, 4) is 0 Å². The van der Waals surface area contributed by atoms with Crippen molar-refractivity contribution >= 4 is 5.91 Å². The summed E-state index contributed by atoms with van der Waals surface area (Å²) >= 11 is 0. The summed E-state index contributed by atoms with van der Waals surface area (Å²) in [5.74, 6) is 0.921. The van der Waals surface area contributed by atoms with Crippen molar-refractivity contribution in [2.75, 3.05) is 32.7 Å². The van der Waals surface area contributed by atoms with Gasteiger partial charge in [0.2, 0.25) is 5.91 Å². The fraction of sp³-hybridized carbons (Fsp3) is 0.944. The Bertz CT molecular complexity index is 465. The fourth-order valence-corrected chi connectivity index (χ4v) is 4.03. The molecule has 2 heterocycles. The average molecular weight is 324 g/mol. The summed E-state index contributed by atoms with van der Waals surface area (Å²) < 4.78 is 6.36. The van der Waals surface area contributed by atoms with Crippen LogP contribution >= 0.6 is 0 Å². The number of β-amino-alcohol motifs (C(OH)–C–C–N with tert-alkyl or cyclic N) is 1. The lowest BCUT2D eigenvalue weighted by atomic mass is 9.86. The highest BCUT2D eigenvalue weighted by Crippen LogP contribution is 2.38. The van der Waals surface area contributed by atoms with E-state index in [0.29, 0.717) is 37.9 Å². The van der Waals surface area contributed by atoms with Crippen LogP contribution in [-0.2, 0) is 9.53 Å². The van der Waals surface area contributed by atoms with Gasteiger partial charge in [-0.15, -0.1) is 0 Å². The standard InChI is InChI=1S/C18H32N2O3/c1-5-17(4,22)10-19-11-18(12-19)13-20(9-16(2,3)23-18)15(21)8-14-6-7-14/h14,22H,5-13H2,1-4H3. The summed E-state index contributed by atoms with van der Waals surface area (Å²) in [6.07, 6.45) is 3.88. The largest absolute Gasteiger partial charge is 0.389 e. The lowest BCUT2D eigenvalue weighted by Gasteiger charge is -2.59. The van der Waals surface area contributed by atoms with Crippen molar-refractivity contribution in [1.82, 2.24) is 9.80 Å². The van der Waals surface area contributed by atoms with Gasteiger partial charge in [0, 0.05) is 32.6 Å². The zero-order valence-corrected chi connectivity index (χ0v) is 15.1. The van der Waals surface area contributed by atoms with Crippen molar-refractivity contribution < 1.29 is 14.6 Å². The zero-order valence-electron chi connectivity index (χ0n) is 15.1. The maximum absolute atomic E-state index is 12.5. The summed E-state index contributed by atoms with van der Waals surface area (Å²) in [6, 6.07) is 0. The molecule has 3 fully saturated rings. The Morgan fingerprint density at radius 2 is 1.91 bits per heavy atom. The number of aliphatic hydroxyl groups is 1. The van der Waals surface area contributed by atoms with Crippen LogP contribution in [0.25, 0.3) is 0 Å². The van der Waals surface area contributed by atoms with Crippen molar-refractivity contribution in [2.24, 2.45) is 5.92 Å². The highest BCUT2D eigenvalue weighted by atomic mass is 16.5. The molecule has 5 heteroatoms. The van der Waals surface area contributed by atoms with Crippen LogP contribution in [0.15, 0.2) is 0 Å². The number of hydrogen-bond acceptors (Lipinski definition) is 4. The zero-order chi connectivity index (χ0) is 16.9. The lowest BCUT2D eigenvalue weighted by Crippen LogP contribution is -2.74. The monoisotopic (exact) mass is 324 g/mol. The summed E-state index contributed by atoms with van der Waals surface area (Å²) in [4.78, 5) is 16.8. The number of carbonyl (C=O) groups excluding carboxylic acids is 1. The number of amides is 1. The highest BCUT2D eigenvalue weighted by Gasteiger charge is 2.53. The maximum atomic E-state index is 12.5. The second kappa shape index (κ2) is 5.71. The second-order valence-electron chi connectivity index (χ2n) is 8.94. The lowest BCUT2D eigenvalue weighted by molar-refractivity contribution is -0.250. The Morgan fingerprint density at radius 3 is 2.48 bits per heavy atom. The van der Waals surface area contributed by atoms with Gasteiger partial charge in [-0.3, -0.25) is 9.69 Å². The van der Waals surface area contributed by atoms with Crippen LogP contribution in [0.5, 0.6) is 0 Å². The molecular formula is C18H32N2O3. The van der Waals surface area contributed by atoms with E-state index in [1.165, 1.54) is 12.8 Å². The molecule has 1 saturated carbocycles. The van der Waals surface area contributed by atoms with Crippen LogP contribution in [0.2, 0.25) is 0 Å². The highest BCUT2D eigenvalue weighted by molar-refractivity contribution is 5.77. The molecule has 1 atom stereocenters. The summed E-state index contributed by atoms with van der Waals surface area (Å²) in [5.41, 5.74) is -1.19. The molecule has 2 saturated heterocycles. The Labute approximate surface area is 140 Å². The molecule has 0 aromatic carbocycles. The number of hydrogen-bond donors (Lipinski definition) is 1. The Balaban J connectivity index is 1.60. The van der Waals surface area contributed by atoms with Crippen LogP contribution in [-0.4, -0.2) is 70.3 Å². The van der Waals surface area contributed by atoms with Gasteiger partial charge in [0.25, 0.3) is 0 Å². The van der Waals surface area contributed by atoms with E-state index in [-0.39, 0.29) is 11.2 Å². The first-order chi connectivity index (χ1) is 10.6. The minimum atomic E-state index is -0.646. The van der Waals surface area contributed by atoms with Crippen molar-refractivity contribution in [3.05, 3.63) is 0 Å². The Morgan fingerprint density at radius 1 is 1.26 bits per heavy atom. The molecule has 3 aliphatic rings. The SMILES string of the molecule is CCC(C)(O)CN1CC2(C1)CN(C(=O)CC1CC1)CC(C)(C)O2. The number of carbonyl (C=O) groups is 1. The Kier molecular flexibility index (Phi) is 4.27. The molecule has 5 nitrogen and oxygen atoms in total. The van der Waals surface area contributed by atoms with Crippen molar-refractivity contribution in [3.63, 3.8) is 0 Å². The molecule has 3 rings (SSSR count). The molecule has 2 aliphatic heterocycles. The van der Waals surface area contributed by atoms with Crippen LogP contribution in [0.1, 0.15) is 53.4 Å². The van der Waals surface area contributed by atoms with Crippen LogP contribution < -0.4 is 0 Å². The summed E-state index contributed by atoms with van der Waals surface area (Å²) in [6.45, 7) is 11.7. The van der Waals surface area contributed by atoms with Gasteiger partial charge in [-0.1, -0.05) is 6.92 Å². The molecule has 1 amide bonds. The first-order valence-electron chi connectivity index (χ1n) is 9.05. The topological polar surface area (TPSA) is 53.0 Å². The number of rotatable bonds is 5. The summed E-state index contributed by atoms with van der Waals surface area (Å²) in [7, 11) is 0. The van der Waals surface area contributed by atoms with Crippen molar-refractivity contribution in [2.45, 2.75) is 70.2 Å². The average Bonchev–Trinajstić information content (AvgIpc) is 3.18. The molecule has 0 aromatic heterocycles. The van der Waals surface area contributed by atoms with Gasteiger partial charge in [-0.05, 0) is 46.0 Å². The van der Waals surface area contributed by atoms with E-state index in [1.54, 1.807) is 0 Å². The van der Waals surface area contributed by atoms with E-state index >= 15 is 0 Å². The van der Waals surface area contributed by atoms with E-state index in [4.69, 9.17) is 4.74 Å². The second-order valence-corrected chi connectivity index (χ2v) is 8.94. The van der Waals surface area contributed by atoms with E-state index in [1.807, 2.05) is 18.7 Å². The predicted octanol–water partition coefficient (Wildman–Crippen LogP) is 1.64. The van der Waals surface area contributed by atoms with E-state index in [9.17, 15) is 9.90 Å². The molecule has 1 aliphatic carbocycles. The smallest absolute Gasteiger partial charge is 0.223 e. The van der Waals surface area contributed by atoms with Crippen LogP contribution in [0.3, 0.4) is 0 Å². The van der Waals surface area contributed by atoms with Gasteiger partial charge >= 0.3 is 0 Å². The third kappa shape index (κ3) is 4.06. The maximum Gasteiger partial charge on any atom is 0.223 e. The minimum absolute atomic E-state index is 0.245. The number of likely N-dealkylation sites (tertiary alicyclic amines) is 1. The van der Waals surface area contributed by atoms with Crippen molar-refractivity contribution in [1.29, 1.82) is 0 Å². The quantitative estimate of drug-likeness (QED) is 0.835. The first kappa shape index (κ1) is 17.2. The first-order valence-corrected chi connectivity index (χ1v) is 9.05. The number of nitrogens with zero attached hydrogens (tertiary/aromatic N) is 2. The van der Waals surface area contributed by atoms with Crippen LogP contribution in [0.4, 0.5) is 0 Å². The van der Waals surface area contributed by atoms with Gasteiger partial charge in [0.15, 0.2) is 0 Å². The normalized spacial score (nSPS) is 29.2. The summed E-state index contributed by atoms with van der Waals surface area (Å²) in [5, 5.41) is 10.2. The molecule has 1 unspecified atom stereocenters. The molecule has 0 aromatic rings. The number of ether oxygens (including phenoxy) is 1. The van der Waals surface area contributed by atoms with E-state index in [0.717, 1.165) is 19.5 Å². The third-order valence-electron chi connectivity index (χ3n) is 5.41. The minimum Gasteiger partial charge on any atom is -0.389 e. The molecule has 0 bridgehead atoms. The van der Waals surface area contributed by atoms with Gasteiger partial charge in [-0.25, -0.2) is 0 Å². The molecular weight excluding hydrogens is 292 g/mol. The van der Waals surface area contributed by atoms with Gasteiger partial charge in [0.1, 0.15) is 5.60 Å². The molecule has 0 radical (unpaired) electrons. The van der Waals surface area contributed by atoms with Gasteiger partial charge in [-0.2, -0.15) is 0 Å². The van der Waals surface area contributed by atoms with Gasteiger partial charge in [0.05, 0.1) is 17.7 Å². The number of morpholine rings is 1. The third-order valence-corrected chi connectivity index (χ3v) is 5.41. The molecule has 1 spiro atoms. The molecule has 1 N–H and O–H groups in total. The molecule has 132 valence electrons.